The highest BCUT2D eigenvalue weighted by molar-refractivity contribution is 6.06. The fourth-order valence-corrected chi connectivity index (χ4v) is 4.30. The number of rotatable bonds is 5. The lowest BCUT2D eigenvalue weighted by Crippen LogP contribution is -2.47. The van der Waals surface area contributed by atoms with Gasteiger partial charge in [0.25, 0.3) is 5.91 Å². The van der Waals surface area contributed by atoms with Crippen LogP contribution >= 0.6 is 0 Å². The number of fused-ring (bicyclic) bond motifs is 2. The van der Waals surface area contributed by atoms with Crippen LogP contribution in [0.1, 0.15) is 31.0 Å². The monoisotopic (exact) mass is 421 g/mol. The van der Waals surface area contributed by atoms with E-state index in [4.69, 9.17) is 9.47 Å². The Balaban J connectivity index is 1.80. The number of para-hydroxylation sites is 1. The molecule has 0 saturated heterocycles. The van der Waals surface area contributed by atoms with Crippen molar-refractivity contribution < 1.29 is 19.1 Å². The number of carbonyl (C=O) groups is 2. The Bertz CT molecular complexity index is 1140. The zero-order chi connectivity index (χ0) is 22.1. The highest BCUT2D eigenvalue weighted by Crippen LogP contribution is 2.40. The number of carbonyl (C=O) groups excluding carboxylic acids is 2. The second kappa shape index (κ2) is 8.34. The number of hydrogen-bond acceptors (Lipinski definition) is 4. The zero-order valence-corrected chi connectivity index (χ0v) is 18.3. The van der Waals surface area contributed by atoms with Gasteiger partial charge in [-0.05, 0) is 42.7 Å². The van der Waals surface area contributed by atoms with Gasteiger partial charge in [0, 0.05) is 37.6 Å². The molecule has 31 heavy (non-hydrogen) atoms. The van der Waals surface area contributed by atoms with E-state index < -0.39 is 6.04 Å². The highest BCUT2D eigenvalue weighted by Gasteiger charge is 2.38. The van der Waals surface area contributed by atoms with E-state index in [1.54, 1.807) is 24.0 Å². The van der Waals surface area contributed by atoms with Crippen LogP contribution in [0.4, 0.5) is 5.69 Å². The molecule has 1 aliphatic rings. The number of anilines is 1. The number of likely N-dealkylation sites (N-methyl/N-ethyl adjacent to an activating group) is 1. The second-order valence-corrected chi connectivity index (χ2v) is 7.62. The molecular formula is C24H27N3O4. The maximum atomic E-state index is 13.8. The summed E-state index contributed by atoms with van der Waals surface area (Å²) in [7, 11) is 3.35. The Kier molecular flexibility index (Phi) is 5.59. The van der Waals surface area contributed by atoms with Crippen LogP contribution < -0.4 is 14.4 Å². The number of aromatic nitrogens is 1. The Morgan fingerprint density at radius 3 is 2.71 bits per heavy atom. The molecule has 0 fully saturated rings. The van der Waals surface area contributed by atoms with E-state index >= 15 is 0 Å². The van der Waals surface area contributed by atoms with Gasteiger partial charge >= 0.3 is 0 Å². The van der Waals surface area contributed by atoms with Crippen molar-refractivity contribution in [3.05, 3.63) is 53.7 Å². The third-order valence-electron chi connectivity index (χ3n) is 5.85. The third-order valence-corrected chi connectivity index (χ3v) is 5.85. The Hall–Kier alpha value is -3.48. The SMILES string of the molecule is CCOc1cc2c(cc1OC)CCN(C(C)=O)[C@H]2C(=O)N(C)c1c[nH]c2ccccc12. The molecule has 1 N–H and O–H groups in total. The van der Waals surface area contributed by atoms with Gasteiger partial charge in [0.2, 0.25) is 5.91 Å². The number of benzene rings is 2. The predicted octanol–water partition coefficient (Wildman–Crippen LogP) is 3.68. The van der Waals surface area contributed by atoms with Crippen molar-refractivity contribution in [2.45, 2.75) is 26.3 Å². The lowest BCUT2D eigenvalue weighted by molar-refractivity contribution is -0.138. The molecule has 0 saturated carbocycles. The van der Waals surface area contributed by atoms with Crippen LogP contribution in [0.15, 0.2) is 42.6 Å². The van der Waals surface area contributed by atoms with E-state index in [9.17, 15) is 9.59 Å². The van der Waals surface area contributed by atoms with Gasteiger partial charge in [0.1, 0.15) is 6.04 Å². The van der Waals surface area contributed by atoms with Crippen LogP contribution in [0.3, 0.4) is 0 Å². The minimum Gasteiger partial charge on any atom is -0.493 e. The average Bonchev–Trinajstić information content (AvgIpc) is 3.21. The minimum absolute atomic E-state index is 0.134. The average molecular weight is 421 g/mol. The van der Waals surface area contributed by atoms with Gasteiger partial charge in [-0.15, -0.1) is 0 Å². The lowest BCUT2D eigenvalue weighted by atomic mass is 9.90. The first-order valence-electron chi connectivity index (χ1n) is 10.4. The van der Waals surface area contributed by atoms with Gasteiger partial charge in [-0.1, -0.05) is 18.2 Å². The molecule has 7 nitrogen and oxygen atoms in total. The summed E-state index contributed by atoms with van der Waals surface area (Å²) in [4.78, 5) is 32.7. The molecule has 3 aromatic rings. The summed E-state index contributed by atoms with van der Waals surface area (Å²) >= 11 is 0. The van der Waals surface area contributed by atoms with Crippen LogP contribution in [-0.2, 0) is 16.0 Å². The molecule has 0 aliphatic carbocycles. The van der Waals surface area contributed by atoms with Crippen LogP contribution in [0.2, 0.25) is 0 Å². The van der Waals surface area contributed by atoms with Gasteiger partial charge in [-0.3, -0.25) is 9.59 Å². The van der Waals surface area contributed by atoms with Crippen molar-refractivity contribution in [2.75, 3.05) is 32.2 Å². The maximum Gasteiger partial charge on any atom is 0.254 e. The highest BCUT2D eigenvalue weighted by atomic mass is 16.5. The normalized spacial score (nSPS) is 15.5. The van der Waals surface area contributed by atoms with Crippen LogP contribution in [-0.4, -0.2) is 49.0 Å². The summed E-state index contributed by atoms with van der Waals surface area (Å²) < 4.78 is 11.2. The van der Waals surface area contributed by atoms with E-state index in [1.807, 2.05) is 49.5 Å². The molecular weight excluding hydrogens is 394 g/mol. The van der Waals surface area contributed by atoms with Gasteiger partial charge in [-0.2, -0.15) is 0 Å². The molecule has 0 spiro atoms. The van der Waals surface area contributed by atoms with E-state index in [0.29, 0.717) is 31.1 Å². The molecule has 4 rings (SSSR count). The second-order valence-electron chi connectivity index (χ2n) is 7.62. The number of ether oxygens (including phenoxy) is 2. The molecule has 0 bridgehead atoms. The summed E-state index contributed by atoms with van der Waals surface area (Å²) in [6.07, 6.45) is 2.47. The zero-order valence-electron chi connectivity index (χ0n) is 18.3. The Morgan fingerprint density at radius 2 is 2.00 bits per heavy atom. The number of nitrogens with one attached hydrogen (secondary N) is 1. The Labute approximate surface area is 181 Å². The number of aromatic amines is 1. The van der Waals surface area contributed by atoms with Crippen molar-refractivity contribution in [1.29, 1.82) is 0 Å². The van der Waals surface area contributed by atoms with E-state index in [2.05, 4.69) is 4.98 Å². The predicted molar refractivity (Wildman–Crippen MR) is 120 cm³/mol. The first-order valence-corrected chi connectivity index (χ1v) is 10.4. The van der Waals surface area contributed by atoms with E-state index in [0.717, 1.165) is 27.7 Å². The lowest BCUT2D eigenvalue weighted by Gasteiger charge is -2.38. The molecule has 1 atom stereocenters. The molecule has 0 unspecified atom stereocenters. The van der Waals surface area contributed by atoms with Crippen molar-refractivity contribution >= 4 is 28.4 Å². The van der Waals surface area contributed by atoms with Gasteiger partial charge in [-0.25, -0.2) is 0 Å². The third kappa shape index (κ3) is 3.60. The van der Waals surface area contributed by atoms with Crippen LogP contribution in [0.5, 0.6) is 11.5 Å². The molecule has 2 heterocycles. The summed E-state index contributed by atoms with van der Waals surface area (Å²) in [5.74, 6) is 0.897. The smallest absolute Gasteiger partial charge is 0.254 e. The summed E-state index contributed by atoms with van der Waals surface area (Å²) in [5, 5.41) is 0.952. The molecule has 1 aliphatic heterocycles. The maximum absolute atomic E-state index is 13.8. The fourth-order valence-electron chi connectivity index (χ4n) is 4.30. The fraction of sp³-hybridized carbons (Fsp3) is 0.333. The van der Waals surface area contributed by atoms with Crippen molar-refractivity contribution in [1.82, 2.24) is 9.88 Å². The molecule has 2 aromatic carbocycles. The van der Waals surface area contributed by atoms with Crippen molar-refractivity contribution in [3.63, 3.8) is 0 Å². The topological polar surface area (TPSA) is 74.9 Å². The first kappa shape index (κ1) is 20.8. The summed E-state index contributed by atoms with van der Waals surface area (Å²) in [6, 6.07) is 10.9. The first-order chi connectivity index (χ1) is 15.0. The number of H-pyrrole nitrogens is 1. The van der Waals surface area contributed by atoms with Crippen molar-refractivity contribution in [2.24, 2.45) is 0 Å². The van der Waals surface area contributed by atoms with Crippen LogP contribution in [0.25, 0.3) is 10.9 Å². The largest absolute Gasteiger partial charge is 0.493 e. The van der Waals surface area contributed by atoms with E-state index in [1.165, 1.54) is 6.92 Å². The minimum atomic E-state index is -0.731. The number of methoxy groups -OCH3 is 1. The molecule has 1 aromatic heterocycles. The van der Waals surface area contributed by atoms with Crippen molar-refractivity contribution in [3.8, 4) is 11.5 Å². The molecule has 7 heteroatoms. The summed E-state index contributed by atoms with van der Waals surface area (Å²) in [6.45, 7) is 4.34. The molecule has 2 amide bonds. The van der Waals surface area contributed by atoms with Gasteiger partial charge in [0.05, 0.1) is 19.4 Å². The van der Waals surface area contributed by atoms with Gasteiger partial charge < -0.3 is 24.3 Å². The number of nitrogens with zero attached hydrogens (tertiary/aromatic N) is 2. The standard InChI is InChI=1S/C24H27N3O4/c1-5-31-22-13-18-16(12-21(22)30-4)10-11-27(15(2)28)23(18)24(29)26(3)20-14-25-19-9-7-6-8-17(19)20/h6-9,12-14,23,25H,5,10-11H2,1-4H3/t23-/m1/s1. The van der Waals surface area contributed by atoms with Crippen LogP contribution in [0, 0.1) is 0 Å². The van der Waals surface area contributed by atoms with Gasteiger partial charge in [0.15, 0.2) is 11.5 Å². The van der Waals surface area contributed by atoms with E-state index in [-0.39, 0.29) is 11.8 Å². The molecule has 0 radical (unpaired) electrons. The Morgan fingerprint density at radius 1 is 1.23 bits per heavy atom. The molecule has 162 valence electrons. The summed E-state index contributed by atoms with van der Waals surface area (Å²) in [5.41, 5.74) is 3.49. The quantitative estimate of drug-likeness (QED) is 0.682. The number of amides is 2. The number of hydrogen-bond donors (Lipinski definition) is 1.